The van der Waals surface area contributed by atoms with Gasteiger partial charge in [0.1, 0.15) is 0 Å². The number of primary sulfonamides is 1. The van der Waals surface area contributed by atoms with Gasteiger partial charge in [0.2, 0.25) is 15.9 Å². The van der Waals surface area contributed by atoms with Gasteiger partial charge in [0.25, 0.3) is 11.8 Å². The Balaban J connectivity index is 1.49. The number of carbonyl (C=O) groups excluding carboxylic acids is 3. The molecule has 156 valence electrons. The first-order valence-electron chi connectivity index (χ1n) is 9.23. The van der Waals surface area contributed by atoms with Crippen molar-refractivity contribution < 1.29 is 22.8 Å². The minimum Gasteiger partial charge on any atom is -0.326 e. The quantitative estimate of drug-likeness (QED) is 0.595. The van der Waals surface area contributed by atoms with Gasteiger partial charge in [0, 0.05) is 5.69 Å². The van der Waals surface area contributed by atoms with Gasteiger partial charge in [-0.3, -0.25) is 14.4 Å². The first kappa shape index (κ1) is 20.5. The maximum Gasteiger partial charge on any atom is 0.266 e. The molecule has 0 aromatic heterocycles. The molecule has 0 bridgehead atoms. The minimum atomic E-state index is -3.80. The van der Waals surface area contributed by atoms with E-state index in [1.165, 1.54) is 24.3 Å². The highest BCUT2D eigenvalue weighted by Gasteiger charge is 2.36. The molecular formula is C22H17N3O5S. The Morgan fingerprint density at radius 1 is 0.871 bits per heavy atom. The Hall–Kier alpha value is -3.82. The molecule has 0 saturated carbocycles. The van der Waals surface area contributed by atoms with Crippen LogP contribution in [0.2, 0.25) is 0 Å². The largest absolute Gasteiger partial charge is 0.326 e. The van der Waals surface area contributed by atoms with Crippen molar-refractivity contribution in [1.82, 2.24) is 0 Å². The van der Waals surface area contributed by atoms with Gasteiger partial charge in [0.05, 0.1) is 28.1 Å². The highest BCUT2D eigenvalue weighted by molar-refractivity contribution is 7.89. The predicted octanol–water partition coefficient (Wildman–Crippen LogP) is 2.32. The second kappa shape index (κ2) is 7.78. The average Bonchev–Trinajstić information content (AvgIpc) is 2.98. The Bertz CT molecular complexity index is 1280. The van der Waals surface area contributed by atoms with E-state index in [1.54, 1.807) is 48.5 Å². The summed E-state index contributed by atoms with van der Waals surface area (Å²) in [6, 6.07) is 18.7. The third kappa shape index (κ3) is 4.09. The summed E-state index contributed by atoms with van der Waals surface area (Å²) in [6.07, 6.45) is 0.00213. The molecule has 0 spiro atoms. The van der Waals surface area contributed by atoms with Crippen molar-refractivity contribution in [2.45, 2.75) is 11.3 Å². The number of benzene rings is 3. The van der Waals surface area contributed by atoms with Crippen LogP contribution in [0, 0.1) is 0 Å². The zero-order valence-corrected chi connectivity index (χ0v) is 16.9. The van der Waals surface area contributed by atoms with E-state index in [9.17, 15) is 22.8 Å². The number of anilines is 2. The van der Waals surface area contributed by atoms with Crippen molar-refractivity contribution in [3.05, 3.63) is 89.5 Å². The van der Waals surface area contributed by atoms with Gasteiger partial charge < -0.3 is 5.32 Å². The van der Waals surface area contributed by atoms with Gasteiger partial charge in [-0.2, -0.15) is 0 Å². The first-order chi connectivity index (χ1) is 14.7. The molecule has 0 unspecified atom stereocenters. The van der Waals surface area contributed by atoms with Crippen molar-refractivity contribution in [2.24, 2.45) is 5.14 Å². The highest BCUT2D eigenvalue weighted by Crippen LogP contribution is 2.29. The first-order valence-corrected chi connectivity index (χ1v) is 10.8. The molecule has 31 heavy (non-hydrogen) atoms. The molecular weight excluding hydrogens is 418 g/mol. The number of hydrogen-bond acceptors (Lipinski definition) is 5. The molecule has 3 N–H and O–H groups in total. The fourth-order valence-corrected chi connectivity index (χ4v) is 3.85. The fourth-order valence-electron chi connectivity index (χ4n) is 3.33. The number of fused-ring (bicyclic) bond motifs is 1. The number of carbonyl (C=O) groups is 3. The molecule has 0 aliphatic carbocycles. The Kier molecular flexibility index (Phi) is 5.14. The minimum absolute atomic E-state index is 0.00213. The third-order valence-corrected chi connectivity index (χ3v) is 5.73. The molecule has 0 fully saturated rings. The van der Waals surface area contributed by atoms with Crippen molar-refractivity contribution >= 4 is 39.1 Å². The van der Waals surface area contributed by atoms with Crippen molar-refractivity contribution in [3.63, 3.8) is 0 Å². The number of nitrogens with zero attached hydrogens (tertiary/aromatic N) is 1. The van der Waals surface area contributed by atoms with E-state index in [-0.39, 0.29) is 17.2 Å². The lowest BCUT2D eigenvalue weighted by molar-refractivity contribution is -0.115. The Morgan fingerprint density at radius 3 is 2.06 bits per heavy atom. The third-order valence-electron chi connectivity index (χ3n) is 4.80. The number of hydrogen-bond donors (Lipinski definition) is 2. The second-order valence-electron chi connectivity index (χ2n) is 6.96. The van der Waals surface area contributed by atoms with Gasteiger partial charge >= 0.3 is 0 Å². The van der Waals surface area contributed by atoms with Gasteiger partial charge in [-0.1, -0.05) is 30.3 Å². The number of rotatable bonds is 5. The van der Waals surface area contributed by atoms with E-state index in [4.69, 9.17) is 5.14 Å². The van der Waals surface area contributed by atoms with Crippen LogP contribution in [0.25, 0.3) is 0 Å². The van der Waals surface area contributed by atoms with Crippen LogP contribution in [0.1, 0.15) is 26.3 Å². The number of imide groups is 1. The lowest BCUT2D eigenvalue weighted by Crippen LogP contribution is -2.29. The van der Waals surface area contributed by atoms with Crippen LogP contribution in [0.5, 0.6) is 0 Å². The number of amides is 3. The summed E-state index contributed by atoms with van der Waals surface area (Å²) in [6.45, 7) is 0. The van der Waals surface area contributed by atoms with Crippen molar-refractivity contribution in [1.29, 1.82) is 0 Å². The SMILES string of the molecule is NS(=O)(=O)c1ccc(CC(=O)Nc2cccc(N3C(=O)c4ccccc4C3=O)c2)cc1. The zero-order chi connectivity index (χ0) is 22.2. The molecule has 0 radical (unpaired) electrons. The molecule has 0 atom stereocenters. The smallest absolute Gasteiger partial charge is 0.266 e. The van der Waals surface area contributed by atoms with Crippen LogP contribution in [-0.4, -0.2) is 26.1 Å². The summed E-state index contributed by atoms with van der Waals surface area (Å²) >= 11 is 0. The maximum absolute atomic E-state index is 12.6. The fraction of sp³-hybridized carbons (Fsp3) is 0.0455. The molecule has 0 saturated heterocycles. The van der Waals surface area contributed by atoms with Gasteiger partial charge in [-0.15, -0.1) is 0 Å². The van der Waals surface area contributed by atoms with Crippen LogP contribution in [-0.2, 0) is 21.2 Å². The Labute approximate surface area is 178 Å². The summed E-state index contributed by atoms with van der Waals surface area (Å²) in [5.41, 5.74) is 2.04. The summed E-state index contributed by atoms with van der Waals surface area (Å²) in [5.74, 6) is -1.18. The monoisotopic (exact) mass is 435 g/mol. The molecule has 3 amide bonds. The van der Waals surface area contributed by atoms with Crippen LogP contribution >= 0.6 is 0 Å². The molecule has 1 aliphatic rings. The molecule has 9 heteroatoms. The van der Waals surface area contributed by atoms with E-state index in [0.29, 0.717) is 28.1 Å². The lowest BCUT2D eigenvalue weighted by atomic mass is 10.1. The summed E-state index contributed by atoms with van der Waals surface area (Å²) in [7, 11) is -3.80. The molecule has 3 aromatic rings. The molecule has 8 nitrogen and oxygen atoms in total. The summed E-state index contributed by atoms with van der Waals surface area (Å²) in [5, 5.41) is 7.78. The predicted molar refractivity (Wildman–Crippen MR) is 114 cm³/mol. The van der Waals surface area contributed by atoms with Gasteiger partial charge in [-0.25, -0.2) is 18.5 Å². The highest BCUT2D eigenvalue weighted by atomic mass is 32.2. The number of sulfonamides is 1. The van der Waals surface area contributed by atoms with Crippen LogP contribution in [0.4, 0.5) is 11.4 Å². The molecule has 3 aromatic carbocycles. The van der Waals surface area contributed by atoms with Crippen LogP contribution in [0.15, 0.2) is 77.7 Å². The number of nitrogens with two attached hydrogens (primary N) is 1. The lowest BCUT2D eigenvalue weighted by Gasteiger charge is -2.15. The van der Waals surface area contributed by atoms with E-state index in [1.807, 2.05) is 0 Å². The van der Waals surface area contributed by atoms with E-state index >= 15 is 0 Å². The Morgan fingerprint density at radius 2 is 1.48 bits per heavy atom. The van der Waals surface area contributed by atoms with Crippen LogP contribution < -0.4 is 15.4 Å². The summed E-state index contributed by atoms with van der Waals surface area (Å²) < 4.78 is 22.6. The zero-order valence-electron chi connectivity index (χ0n) is 16.1. The van der Waals surface area contributed by atoms with Crippen molar-refractivity contribution in [2.75, 3.05) is 10.2 Å². The standard InChI is InChI=1S/C22H17N3O5S/c23-31(29,30)17-10-8-14(9-11-17)12-20(26)24-15-4-3-5-16(13-15)25-21(27)18-6-1-2-7-19(18)22(25)28/h1-11,13H,12H2,(H,24,26)(H2,23,29,30). The topological polar surface area (TPSA) is 127 Å². The van der Waals surface area contributed by atoms with Crippen LogP contribution in [0.3, 0.4) is 0 Å². The van der Waals surface area contributed by atoms with Gasteiger partial charge in [-0.05, 0) is 48.0 Å². The number of nitrogens with one attached hydrogen (secondary N) is 1. The maximum atomic E-state index is 12.6. The normalized spacial score (nSPS) is 13.3. The van der Waals surface area contributed by atoms with E-state index in [2.05, 4.69) is 5.32 Å². The average molecular weight is 435 g/mol. The van der Waals surface area contributed by atoms with Crippen molar-refractivity contribution in [3.8, 4) is 0 Å². The second-order valence-corrected chi connectivity index (χ2v) is 8.52. The van der Waals surface area contributed by atoms with Gasteiger partial charge in [0.15, 0.2) is 0 Å². The van der Waals surface area contributed by atoms with E-state index in [0.717, 1.165) is 4.90 Å². The molecule has 1 aliphatic heterocycles. The van der Waals surface area contributed by atoms with E-state index < -0.39 is 21.8 Å². The summed E-state index contributed by atoms with van der Waals surface area (Å²) in [4.78, 5) is 38.7. The molecule has 1 heterocycles. The molecule has 4 rings (SSSR count).